The van der Waals surface area contributed by atoms with Crippen molar-refractivity contribution in [2.75, 3.05) is 13.2 Å². The summed E-state index contributed by atoms with van der Waals surface area (Å²) >= 11 is 7.77. The SMILES string of the molecule is Cc1nc2cnc(/C=C/CO)c(C#N)c2c(=O)n1CCOc1ccc(Cl)cc1-c1ccnc2c(C(=O)OC(C)(C)C)csc12. The highest BCUT2D eigenvalue weighted by Crippen LogP contribution is 2.40. The Balaban J connectivity index is 1.47. The number of aryl methyl sites for hydroxylation is 1. The minimum absolute atomic E-state index is 0.0859. The number of nitrogens with zero attached hydrogens (tertiary/aromatic N) is 5. The molecule has 0 aliphatic rings. The van der Waals surface area contributed by atoms with Crippen LogP contribution < -0.4 is 10.3 Å². The highest BCUT2D eigenvalue weighted by Gasteiger charge is 2.23. The number of benzene rings is 1. The standard InChI is InChI=1S/C32H28ClN5O5S/c1-18-37-25-16-36-24(6-5-12-39)22(15-34)27(25)30(40)38(18)11-13-42-26-8-7-19(33)14-21(26)20-9-10-35-28-23(17-44-29(20)28)31(41)43-32(2,3)4/h5-10,14,16-17,39H,11-13H2,1-4H3/b6-5+. The van der Waals surface area contributed by atoms with E-state index < -0.39 is 17.1 Å². The number of hydrogen-bond donors (Lipinski definition) is 1. The van der Waals surface area contributed by atoms with E-state index in [9.17, 15) is 14.9 Å². The highest BCUT2D eigenvalue weighted by atomic mass is 35.5. The van der Waals surface area contributed by atoms with Crippen molar-refractivity contribution in [3.05, 3.63) is 86.1 Å². The van der Waals surface area contributed by atoms with Crippen LogP contribution in [0.5, 0.6) is 5.75 Å². The van der Waals surface area contributed by atoms with Crippen molar-refractivity contribution in [1.82, 2.24) is 19.5 Å². The number of ether oxygens (including phenoxy) is 2. The molecule has 0 amide bonds. The minimum Gasteiger partial charge on any atom is -0.491 e. The van der Waals surface area contributed by atoms with Crippen molar-refractivity contribution < 1.29 is 19.4 Å². The summed E-state index contributed by atoms with van der Waals surface area (Å²) in [6.45, 7) is 7.16. The number of rotatable bonds is 8. The first kappa shape index (κ1) is 30.8. The molecule has 5 rings (SSSR count). The molecule has 1 N–H and O–H groups in total. The van der Waals surface area contributed by atoms with Crippen molar-refractivity contribution in [2.24, 2.45) is 0 Å². The average molecular weight is 630 g/mol. The fraction of sp³-hybridized carbons (Fsp3) is 0.250. The van der Waals surface area contributed by atoms with Gasteiger partial charge < -0.3 is 14.6 Å². The number of thiophene rings is 1. The summed E-state index contributed by atoms with van der Waals surface area (Å²) in [6, 6.07) is 9.13. The van der Waals surface area contributed by atoms with Gasteiger partial charge in [-0.1, -0.05) is 17.7 Å². The van der Waals surface area contributed by atoms with Crippen molar-refractivity contribution >= 4 is 56.1 Å². The van der Waals surface area contributed by atoms with E-state index in [1.54, 1.807) is 36.7 Å². The first-order valence-corrected chi connectivity index (χ1v) is 14.9. The third-order valence-electron chi connectivity index (χ3n) is 6.59. The third kappa shape index (κ3) is 6.19. The molecule has 10 nitrogen and oxygen atoms in total. The monoisotopic (exact) mass is 629 g/mol. The Hall–Kier alpha value is -4.63. The molecule has 0 atom stereocenters. The molecule has 12 heteroatoms. The van der Waals surface area contributed by atoms with E-state index in [1.165, 1.54) is 34.3 Å². The normalized spacial score (nSPS) is 11.8. The minimum atomic E-state index is -0.649. The highest BCUT2D eigenvalue weighted by molar-refractivity contribution is 7.18. The van der Waals surface area contributed by atoms with Gasteiger partial charge in [-0.3, -0.25) is 19.3 Å². The zero-order valence-corrected chi connectivity index (χ0v) is 26.0. The van der Waals surface area contributed by atoms with Crippen LogP contribution in [0.1, 0.15) is 48.2 Å². The molecule has 0 aliphatic heterocycles. The Labute approximate surface area is 261 Å². The predicted octanol–water partition coefficient (Wildman–Crippen LogP) is 5.94. The summed E-state index contributed by atoms with van der Waals surface area (Å²) in [5.74, 6) is 0.510. The van der Waals surface area contributed by atoms with Gasteiger partial charge in [0.05, 0.1) is 57.3 Å². The Morgan fingerprint density at radius 1 is 1.23 bits per heavy atom. The molecule has 0 saturated carbocycles. The van der Waals surface area contributed by atoms with Crippen molar-refractivity contribution in [3.63, 3.8) is 0 Å². The second-order valence-corrected chi connectivity index (χ2v) is 12.1. The molecular weight excluding hydrogens is 602 g/mol. The van der Waals surface area contributed by atoms with E-state index in [-0.39, 0.29) is 36.4 Å². The summed E-state index contributed by atoms with van der Waals surface area (Å²) in [7, 11) is 0. The molecule has 5 aromatic rings. The zero-order chi connectivity index (χ0) is 31.6. The van der Waals surface area contributed by atoms with Crippen LogP contribution in [0.2, 0.25) is 5.02 Å². The number of aromatic nitrogens is 4. The number of carbonyl (C=O) groups excluding carboxylic acids is 1. The number of aliphatic hydroxyl groups is 1. The lowest BCUT2D eigenvalue weighted by molar-refractivity contribution is 0.00721. The fourth-order valence-electron chi connectivity index (χ4n) is 4.71. The van der Waals surface area contributed by atoms with Crippen LogP contribution in [0.4, 0.5) is 0 Å². The maximum atomic E-state index is 13.6. The molecule has 0 aliphatic carbocycles. The van der Waals surface area contributed by atoms with E-state index in [0.29, 0.717) is 38.8 Å². The number of carbonyl (C=O) groups is 1. The second kappa shape index (κ2) is 12.5. The van der Waals surface area contributed by atoms with Gasteiger partial charge >= 0.3 is 5.97 Å². The maximum absolute atomic E-state index is 13.6. The van der Waals surface area contributed by atoms with Gasteiger partial charge in [0.2, 0.25) is 0 Å². The fourth-order valence-corrected chi connectivity index (χ4v) is 5.90. The maximum Gasteiger partial charge on any atom is 0.341 e. The molecular formula is C32H28ClN5O5S. The van der Waals surface area contributed by atoms with Gasteiger partial charge in [-0.25, -0.2) is 9.78 Å². The topological polar surface area (TPSA) is 140 Å². The molecule has 0 bridgehead atoms. The molecule has 224 valence electrons. The molecule has 0 radical (unpaired) electrons. The van der Waals surface area contributed by atoms with E-state index in [0.717, 1.165) is 10.3 Å². The third-order valence-corrected chi connectivity index (χ3v) is 7.83. The van der Waals surface area contributed by atoms with Crippen LogP contribution in [0.25, 0.3) is 38.3 Å². The Morgan fingerprint density at radius 2 is 2.02 bits per heavy atom. The first-order valence-electron chi connectivity index (χ1n) is 13.6. The number of halogens is 1. The van der Waals surface area contributed by atoms with Crippen LogP contribution in [0.3, 0.4) is 0 Å². The van der Waals surface area contributed by atoms with Crippen molar-refractivity contribution in [1.29, 1.82) is 5.26 Å². The summed E-state index contributed by atoms with van der Waals surface area (Å²) in [6.07, 6.45) is 6.00. The Bertz CT molecular complexity index is 2040. The van der Waals surface area contributed by atoms with E-state index in [4.69, 9.17) is 26.2 Å². The Morgan fingerprint density at radius 3 is 2.75 bits per heavy atom. The number of nitriles is 1. The van der Waals surface area contributed by atoms with Gasteiger partial charge in [0, 0.05) is 27.7 Å². The molecule has 0 spiro atoms. The average Bonchev–Trinajstić information content (AvgIpc) is 3.42. The summed E-state index contributed by atoms with van der Waals surface area (Å²) < 4.78 is 14.0. The summed E-state index contributed by atoms with van der Waals surface area (Å²) in [5, 5.41) is 21.3. The number of fused-ring (bicyclic) bond motifs is 2. The van der Waals surface area contributed by atoms with Gasteiger partial charge in [0.25, 0.3) is 5.56 Å². The van der Waals surface area contributed by atoms with Crippen LogP contribution >= 0.6 is 22.9 Å². The van der Waals surface area contributed by atoms with Crippen molar-refractivity contribution in [2.45, 2.75) is 39.8 Å². The number of hydrogen-bond acceptors (Lipinski definition) is 10. The summed E-state index contributed by atoms with van der Waals surface area (Å²) in [4.78, 5) is 39.6. The predicted molar refractivity (Wildman–Crippen MR) is 170 cm³/mol. The molecule has 4 aromatic heterocycles. The van der Waals surface area contributed by atoms with Gasteiger partial charge in [-0.2, -0.15) is 5.26 Å². The van der Waals surface area contributed by atoms with E-state index in [2.05, 4.69) is 21.0 Å². The van der Waals surface area contributed by atoms with Crippen LogP contribution in [-0.2, 0) is 11.3 Å². The van der Waals surface area contributed by atoms with Gasteiger partial charge in [-0.15, -0.1) is 11.3 Å². The molecule has 0 saturated heterocycles. The second-order valence-electron chi connectivity index (χ2n) is 10.8. The smallest absolute Gasteiger partial charge is 0.341 e. The van der Waals surface area contributed by atoms with Crippen LogP contribution in [-0.4, -0.2) is 49.4 Å². The molecule has 4 heterocycles. The molecule has 0 fully saturated rings. The first-order chi connectivity index (χ1) is 21.0. The van der Waals surface area contributed by atoms with Crippen LogP contribution in [0, 0.1) is 18.3 Å². The molecule has 0 unspecified atom stereocenters. The van der Waals surface area contributed by atoms with Gasteiger partial charge in [0.1, 0.15) is 29.9 Å². The van der Waals surface area contributed by atoms with Gasteiger partial charge in [-0.05, 0) is 58.0 Å². The number of pyridine rings is 2. The number of esters is 1. The van der Waals surface area contributed by atoms with Gasteiger partial charge in [0.15, 0.2) is 0 Å². The van der Waals surface area contributed by atoms with Crippen LogP contribution in [0.15, 0.2) is 52.9 Å². The Kier molecular flexibility index (Phi) is 8.78. The van der Waals surface area contributed by atoms with E-state index >= 15 is 0 Å². The quantitative estimate of drug-likeness (QED) is 0.206. The van der Waals surface area contributed by atoms with Crippen molar-refractivity contribution in [3.8, 4) is 22.9 Å². The molecule has 1 aromatic carbocycles. The lowest BCUT2D eigenvalue weighted by Crippen LogP contribution is -2.27. The number of aliphatic hydroxyl groups excluding tert-OH is 1. The summed E-state index contributed by atoms with van der Waals surface area (Å²) in [5.41, 5.74) is 2.01. The lowest BCUT2D eigenvalue weighted by atomic mass is 10.0. The van der Waals surface area contributed by atoms with E-state index in [1.807, 2.05) is 26.8 Å². The zero-order valence-electron chi connectivity index (χ0n) is 24.4. The largest absolute Gasteiger partial charge is 0.491 e. The lowest BCUT2D eigenvalue weighted by Gasteiger charge is -2.19. The molecule has 44 heavy (non-hydrogen) atoms.